The number of carbonyl (C=O) groups is 4. The number of imide groups is 1. The number of phenolic OH excluding ortho intramolecular Hbond substituents is 2. The van der Waals surface area contributed by atoms with Crippen LogP contribution in [0.4, 0.5) is 4.39 Å². The zero-order chi connectivity index (χ0) is 40.2. The maximum Gasteiger partial charge on any atom is 0.358 e. The molecule has 0 radical (unpaired) electrons. The lowest BCUT2D eigenvalue weighted by Crippen LogP contribution is -3.61. The zero-order valence-electron chi connectivity index (χ0n) is 31.4. The van der Waals surface area contributed by atoms with Crippen LogP contribution in [-0.2, 0) is 31.9 Å². The molecule has 0 saturated heterocycles. The number of hydrogen-bond acceptors (Lipinski definition) is 10. The topological polar surface area (TPSA) is 186 Å². The summed E-state index contributed by atoms with van der Waals surface area (Å²) in [6.45, 7) is 8.22. The lowest BCUT2D eigenvalue weighted by molar-refractivity contribution is -0.598. The van der Waals surface area contributed by atoms with Crippen molar-refractivity contribution in [2.24, 2.45) is 5.73 Å². The first-order valence-corrected chi connectivity index (χ1v) is 19.7. The van der Waals surface area contributed by atoms with Gasteiger partial charge in [-0.2, -0.15) is 0 Å². The number of aliphatic carboxylic acids is 1. The number of fused-ring (bicyclic) bond motifs is 1. The smallest absolute Gasteiger partial charge is 0.358 e. The van der Waals surface area contributed by atoms with Crippen LogP contribution in [0.2, 0.25) is 0 Å². The van der Waals surface area contributed by atoms with Crippen LogP contribution in [0.1, 0.15) is 62.7 Å². The molecule has 0 spiro atoms. The van der Waals surface area contributed by atoms with Crippen molar-refractivity contribution in [3.8, 4) is 17.2 Å². The van der Waals surface area contributed by atoms with E-state index in [4.69, 9.17) is 35.3 Å². The van der Waals surface area contributed by atoms with Crippen molar-refractivity contribution in [1.29, 1.82) is 0 Å². The minimum absolute atomic E-state index is 0. The number of hydrogen-bond donors (Lipinski definition) is 4. The van der Waals surface area contributed by atoms with Crippen molar-refractivity contribution >= 4 is 23.8 Å². The number of nitrogens with zero attached hydrogens (tertiary/aromatic N) is 1. The number of esters is 1. The van der Waals surface area contributed by atoms with Crippen LogP contribution in [0, 0.1) is 26.8 Å². The molecule has 0 aromatic heterocycles. The number of aromatic hydroxyl groups is 2. The van der Waals surface area contributed by atoms with Gasteiger partial charge in [0.1, 0.15) is 23.7 Å². The maximum atomic E-state index is 13.2. The molecule has 4 aromatic rings. The third-order valence-electron chi connectivity index (χ3n) is 8.77. The quantitative estimate of drug-likeness (QED) is 0.0363. The first-order chi connectivity index (χ1) is 26.2. The van der Waals surface area contributed by atoms with Gasteiger partial charge in [-0.15, -0.1) is 0 Å². The molecule has 0 aliphatic carbocycles. The normalized spacial score (nSPS) is 12.9. The van der Waals surface area contributed by atoms with E-state index in [0.717, 1.165) is 63.0 Å². The van der Waals surface area contributed by atoms with E-state index in [1.807, 2.05) is 26.0 Å². The second-order valence-corrected chi connectivity index (χ2v) is 15.6. The van der Waals surface area contributed by atoms with Crippen molar-refractivity contribution in [1.82, 2.24) is 4.90 Å². The molecule has 4 aromatic carbocycles. The van der Waals surface area contributed by atoms with Gasteiger partial charge >= 0.3 is 33.1 Å². The average Bonchev–Trinajstić information content (AvgIpc) is 3.41. The summed E-state index contributed by atoms with van der Waals surface area (Å²) in [5.41, 5.74) is 8.94. The maximum absolute atomic E-state index is 13.2. The molecule has 15 heteroatoms. The number of ether oxygens (including phenoxy) is 3. The molecule has 2 amide bonds. The number of carboxylic acids is 1. The molecule has 5 rings (SSSR count). The Hall–Kier alpha value is -5.13. The van der Waals surface area contributed by atoms with Crippen molar-refractivity contribution in [3.05, 3.63) is 119 Å². The molecule has 300 valence electrons. The number of unbranched alkanes of at least 4 members (excludes halogenated alkanes) is 1. The predicted octanol–water partition coefficient (Wildman–Crippen LogP) is -0.797. The van der Waals surface area contributed by atoms with Gasteiger partial charge in [0.15, 0.2) is 18.6 Å². The number of methoxy groups -OCH3 is 1. The second kappa shape index (κ2) is 21.2. The highest BCUT2D eigenvalue weighted by atomic mass is 127. The standard InChI is InChI=1S/C32H35INO6.C9H10FNO4.FH/c1-5-39-16-8-9-17-40-25-14-12-24(13-15-25)33-28-19-22(3)21(2)18-23(28)20-29(32(37)38-4)34-30(35)26-10-6-7-11-27(26)31(34)36;10-5-3-8(13)7(12)2-4(5)1-6(11)9(14)15;/h6-7,10-15,18-19,29H,5,8-9,16-17,20H2,1-4H3;2-3,6,12-13H,1,11H2,(H,14,15);1H/q+1;;/p-1/t29-;6-;/m00./s1. The van der Waals surface area contributed by atoms with E-state index in [-0.39, 0.29) is 23.1 Å². The van der Waals surface area contributed by atoms with Crippen LogP contribution >= 0.6 is 0 Å². The number of nitrogens with two attached hydrogens (primary N) is 1. The van der Waals surface area contributed by atoms with E-state index in [1.54, 1.807) is 24.3 Å². The Morgan fingerprint density at radius 1 is 0.857 bits per heavy atom. The summed E-state index contributed by atoms with van der Waals surface area (Å²) in [5, 5.41) is 26.5. The Kier molecular flexibility index (Phi) is 17.2. The van der Waals surface area contributed by atoms with E-state index in [2.05, 4.69) is 31.2 Å². The fourth-order valence-corrected chi connectivity index (χ4v) is 8.36. The Labute approximate surface area is 334 Å². The SMILES string of the molecule is CCOCCCCOc1ccc([I+]c2cc(C)c(C)cc2C[C@@H](C(=O)OC)N2C(=O)c3ccccc3C2=O)cc1.N[C@@H](Cc1cc(O)c(O)cc1F)C(=O)O.[F-]. The van der Waals surface area contributed by atoms with Crippen molar-refractivity contribution in [2.75, 3.05) is 26.9 Å². The molecule has 1 heterocycles. The summed E-state index contributed by atoms with van der Waals surface area (Å²) in [6.07, 6.45) is 1.85. The Balaban J connectivity index is 0.000000443. The first kappa shape index (κ1) is 45.3. The summed E-state index contributed by atoms with van der Waals surface area (Å²) < 4.78 is 31.8. The molecule has 2 atom stereocenters. The number of benzene rings is 4. The summed E-state index contributed by atoms with van der Waals surface area (Å²) in [5.74, 6) is -3.89. The first-order valence-electron chi connectivity index (χ1n) is 17.5. The molecule has 0 saturated carbocycles. The van der Waals surface area contributed by atoms with E-state index < -0.39 is 74.4 Å². The molecular formula is C41H45F2IN2O10. The summed E-state index contributed by atoms with van der Waals surface area (Å²) in [4.78, 5) is 50.9. The molecular weight excluding hydrogens is 845 g/mol. The number of rotatable bonds is 16. The summed E-state index contributed by atoms with van der Waals surface area (Å²) in [7, 11) is 1.28. The average molecular weight is 891 g/mol. The molecule has 1 aliphatic heterocycles. The predicted molar refractivity (Wildman–Crippen MR) is 196 cm³/mol. The Morgan fingerprint density at radius 3 is 2.04 bits per heavy atom. The molecule has 1 aliphatic rings. The molecule has 0 fully saturated rings. The lowest BCUT2D eigenvalue weighted by atomic mass is 10.00. The van der Waals surface area contributed by atoms with E-state index >= 15 is 0 Å². The minimum atomic E-state index is -1.26. The van der Waals surface area contributed by atoms with Gasteiger partial charge in [-0.25, -0.2) is 9.18 Å². The van der Waals surface area contributed by atoms with Crippen LogP contribution in [-0.4, -0.2) is 83.0 Å². The number of carboxylic acid groups (broad SMARTS) is 1. The molecule has 5 N–H and O–H groups in total. The van der Waals surface area contributed by atoms with Crippen LogP contribution in [0.25, 0.3) is 0 Å². The van der Waals surface area contributed by atoms with Gasteiger partial charge in [0.25, 0.3) is 11.8 Å². The lowest BCUT2D eigenvalue weighted by Gasteiger charge is -2.24. The van der Waals surface area contributed by atoms with Gasteiger partial charge in [-0.05, 0) is 98.8 Å². The van der Waals surface area contributed by atoms with Crippen LogP contribution < -0.4 is 36.4 Å². The summed E-state index contributed by atoms with van der Waals surface area (Å²) >= 11 is -0.611. The largest absolute Gasteiger partial charge is 1.00 e. The third-order valence-corrected chi connectivity index (χ3v) is 11.7. The number of carbonyl (C=O) groups excluding carboxylic acids is 3. The van der Waals surface area contributed by atoms with E-state index in [9.17, 15) is 23.6 Å². The van der Waals surface area contributed by atoms with Crippen LogP contribution in [0.15, 0.2) is 72.8 Å². The number of halogens is 3. The summed E-state index contributed by atoms with van der Waals surface area (Å²) in [6, 6.07) is 18.4. The van der Waals surface area contributed by atoms with Gasteiger partial charge < -0.3 is 40.0 Å². The van der Waals surface area contributed by atoms with Crippen molar-refractivity contribution in [3.63, 3.8) is 0 Å². The van der Waals surface area contributed by atoms with Crippen molar-refractivity contribution < 1.29 is 79.0 Å². The minimum Gasteiger partial charge on any atom is -1.00 e. The fraction of sp³-hybridized carbons (Fsp3) is 0.317. The molecule has 12 nitrogen and oxygen atoms in total. The molecule has 0 unspecified atom stereocenters. The fourth-order valence-electron chi connectivity index (χ4n) is 5.63. The van der Waals surface area contributed by atoms with Gasteiger partial charge in [-0.3, -0.25) is 19.3 Å². The monoisotopic (exact) mass is 890 g/mol. The molecule has 56 heavy (non-hydrogen) atoms. The number of phenols is 2. The number of amides is 2. The van der Waals surface area contributed by atoms with Crippen LogP contribution in [0.5, 0.6) is 17.2 Å². The van der Waals surface area contributed by atoms with E-state index in [0.29, 0.717) is 23.8 Å². The van der Waals surface area contributed by atoms with Gasteiger partial charge in [0.2, 0.25) is 0 Å². The number of aryl methyl sites for hydroxylation is 2. The Morgan fingerprint density at radius 2 is 1.45 bits per heavy atom. The van der Waals surface area contributed by atoms with Gasteiger partial charge in [-0.1, -0.05) is 18.2 Å². The Bertz CT molecular complexity index is 1980. The van der Waals surface area contributed by atoms with Gasteiger partial charge in [0.05, 0.1) is 24.8 Å². The highest BCUT2D eigenvalue weighted by Crippen LogP contribution is 2.29. The van der Waals surface area contributed by atoms with Crippen molar-refractivity contribution in [2.45, 2.75) is 58.5 Å². The highest BCUT2D eigenvalue weighted by Gasteiger charge is 2.44. The van der Waals surface area contributed by atoms with E-state index in [1.165, 1.54) is 10.7 Å². The van der Waals surface area contributed by atoms with Gasteiger partial charge in [0, 0.05) is 37.7 Å². The highest BCUT2D eigenvalue weighted by molar-refractivity contribution is 6.22. The molecule has 0 bridgehead atoms. The second-order valence-electron chi connectivity index (χ2n) is 12.7. The third kappa shape index (κ3) is 11.7. The van der Waals surface area contributed by atoms with Crippen LogP contribution in [0.3, 0.4) is 0 Å². The zero-order valence-corrected chi connectivity index (χ0v) is 33.5.